The zero-order valence-electron chi connectivity index (χ0n) is 11.1. The fourth-order valence-corrected chi connectivity index (χ4v) is 4.37. The summed E-state index contributed by atoms with van der Waals surface area (Å²) in [6.45, 7) is 0.576. The molecule has 0 saturated carbocycles. The molecule has 108 valence electrons. The molecule has 2 heterocycles. The van der Waals surface area contributed by atoms with E-state index in [-0.39, 0.29) is 10.8 Å². The van der Waals surface area contributed by atoms with Gasteiger partial charge in [0.05, 0.1) is 15.6 Å². The van der Waals surface area contributed by atoms with E-state index in [0.29, 0.717) is 12.3 Å². The van der Waals surface area contributed by atoms with Crippen molar-refractivity contribution >= 4 is 40.7 Å². The van der Waals surface area contributed by atoms with Gasteiger partial charge in [-0.2, -0.15) is 0 Å². The number of carbonyl (C=O) groups is 2. The van der Waals surface area contributed by atoms with Gasteiger partial charge >= 0.3 is 5.97 Å². The highest BCUT2D eigenvalue weighted by Gasteiger charge is 2.28. The minimum absolute atomic E-state index is 0.0400. The average Bonchev–Trinajstić information content (AvgIpc) is 2.92. The Kier molecular flexibility index (Phi) is 3.98. The van der Waals surface area contributed by atoms with Crippen molar-refractivity contribution in [3.05, 3.63) is 46.8 Å². The number of benzene rings is 1. The Morgan fingerprint density at radius 1 is 1.29 bits per heavy atom. The van der Waals surface area contributed by atoms with Crippen LogP contribution in [0.3, 0.4) is 0 Å². The topological polar surface area (TPSA) is 57.6 Å². The summed E-state index contributed by atoms with van der Waals surface area (Å²) >= 11 is 2.66. The third-order valence-electron chi connectivity index (χ3n) is 3.28. The second-order valence-electron chi connectivity index (χ2n) is 4.66. The summed E-state index contributed by atoms with van der Waals surface area (Å²) in [5.74, 6) is -0.523. The Labute approximate surface area is 130 Å². The van der Waals surface area contributed by atoms with Gasteiger partial charge in [-0.1, -0.05) is 30.3 Å². The zero-order valence-corrected chi connectivity index (χ0v) is 12.7. The summed E-state index contributed by atoms with van der Waals surface area (Å²) in [5.41, 5.74) is 1.91. The van der Waals surface area contributed by atoms with Gasteiger partial charge in [0.15, 0.2) is 0 Å². The molecule has 0 unspecified atom stereocenters. The van der Waals surface area contributed by atoms with Gasteiger partial charge in [0, 0.05) is 6.54 Å². The van der Waals surface area contributed by atoms with Crippen molar-refractivity contribution in [3.63, 3.8) is 0 Å². The SMILES string of the molecule is O=C(O)c1cc2c(s1)SCC(=O)N2CCc1ccccc1. The molecule has 1 amide bonds. The first-order valence-electron chi connectivity index (χ1n) is 6.49. The van der Waals surface area contributed by atoms with Gasteiger partial charge in [0.25, 0.3) is 0 Å². The third kappa shape index (κ3) is 2.96. The quantitative estimate of drug-likeness (QED) is 0.940. The van der Waals surface area contributed by atoms with Gasteiger partial charge in [0.1, 0.15) is 4.88 Å². The highest BCUT2D eigenvalue weighted by molar-refractivity contribution is 8.02. The van der Waals surface area contributed by atoms with Crippen LogP contribution >= 0.6 is 23.1 Å². The predicted octanol–water partition coefficient (Wildman–Crippen LogP) is 3.13. The van der Waals surface area contributed by atoms with Crippen LogP contribution in [0.25, 0.3) is 0 Å². The number of hydrogen-bond donors (Lipinski definition) is 1. The molecule has 6 heteroatoms. The van der Waals surface area contributed by atoms with E-state index in [1.807, 2.05) is 30.3 Å². The number of carbonyl (C=O) groups excluding carboxylic acids is 1. The first-order chi connectivity index (χ1) is 10.1. The fraction of sp³-hybridized carbons (Fsp3) is 0.200. The molecule has 4 nitrogen and oxygen atoms in total. The maximum absolute atomic E-state index is 12.1. The van der Waals surface area contributed by atoms with Crippen LogP contribution in [0.1, 0.15) is 15.2 Å². The van der Waals surface area contributed by atoms with Crippen LogP contribution in [0.4, 0.5) is 5.69 Å². The summed E-state index contributed by atoms with van der Waals surface area (Å²) in [6.07, 6.45) is 0.759. The Bertz CT molecular complexity index is 681. The standard InChI is InChI=1S/C15H13NO3S2/c17-13-9-20-15-11(8-12(21-15)14(18)19)16(13)7-6-10-4-2-1-3-5-10/h1-5,8H,6-7,9H2,(H,18,19). The lowest BCUT2D eigenvalue weighted by Crippen LogP contribution is -2.36. The highest BCUT2D eigenvalue weighted by atomic mass is 32.2. The molecule has 0 saturated heterocycles. The number of carboxylic acid groups (broad SMARTS) is 1. The van der Waals surface area contributed by atoms with Gasteiger partial charge in [-0.05, 0) is 18.1 Å². The lowest BCUT2D eigenvalue weighted by molar-refractivity contribution is -0.116. The van der Waals surface area contributed by atoms with Crippen LogP contribution in [0.5, 0.6) is 0 Å². The summed E-state index contributed by atoms with van der Waals surface area (Å²) in [5, 5.41) is 9.09. The van der Waals surface area contributed by atoms with E-state index in [2.05, 4.69) is 0 Å². The molecule has 1 N–H and O–H groups in total. The number of hydrogen-bond acceptors (Lipinski definition) is 4. The first-order valence-corrected chi connectivity index (χ1v) is 8.29. The Morgan fingerprint density at radius 3 is 2.76 bits per heavy atom. The van der Waals surface area contributed by atoms with Gasteiger partial charge in [-0.15, -0.1) is 23.1 Å². The minimum atomic E-state index is -0.939. The molecular formula is C15H13NO3S2. The normalized spacial score (nSPS) is 14.1. The maximum Gasteiger partial charge on any atom is 0.345 e. The van der Waals surface area contributed by atoms with E-state index in [0.717, 1.165) is 16.3 Å². The van der Waals surface area contributed by atoms with Crippen molar-refractivity contribution in [3.8, 4) is 0 Å². The van der Waals surface area contributed by atoms with Crippen molar-refractivity contribution in [2.45, 2.75) is 10.6 Å². The molecule has 3 rings (SSSR count). The van der Waals surface area contributed by atoms with Crippen LogP contribution in [0.15, 0.2) is 40.6 Å². The molecule has 21 heavy (non-hydrogen) atoms. The second kappa shape index (κ2) is 5.91. The molecule has 0 atom stereocenters. The molecule has 0 radical (unpaired) electrons. The Hall–Kier alpha value is -1.79. The average molecular weight is 319 g/mol. The van der Waals surface area contributed by atoms with E-state index in [9.17, 15) is 9.59 Å². The third-order valence-corrected chi connectivity index (χ3v) is 5.65. The molecule has 0 bridgehead atoms. The van der Waals surface area contributed by atoms with E-state index in [1.54, 1.807) is 11.0 Å². The number of rotatable bonds is 4. The van der Waals surface area contributed by atoms with E-state index in [1.165, 1.54) is 28.7 Å². The van der Waals surface area contributed by atoms with Gasteiger partial charge in [-0.3, -0.25) is 4.79 Å². The molecular weight excluding hydrogens is 306 g/mol. The number of amides is 1. The van der Waals surface area contributed by atoms with Crippen LogP contribution in [-0.2, 0) is 11.2 Å². The van der Waals surface area contributed by atoms with Crippen molar-refractivity contribution in [1.29, 1.82) is 0 Å². The molecule has 0 fully saturated rings. The van der Waals surface area contributed by atoms with Crippen LogP contribution in [0, 0.1) is 0 Å². The molecule has 2 aromatic rings. The predicted molar refractivity (Wildman–Crippen MR) is 84.5 cm³/mol. The number of anilines is 1. The first kappa shape index (κ1) is 14.2. The number of aromatic carboxylic acids is 1. The molecule has 0 spiro atoms. The molecule has 0 aliphatic carbocycles. The van der Waals surface area contributed by atoms with E-state index in [4.69, 9.17) is 5.11 Å². The summed E-state index contributed by atoms with van der Waals surface area (Å²) in [7, 11) is 0. The molecule has 1 aromatic heterocycles. The zero-order chi connectivity index (χ0) is 14.8. The van der Waals surface area contributed by atoms with Gasteiger partial charge < -0.3 is 10.0 Å². The number of nitrogens with zero attached hydrogens (tertiary/aromatic N) is 1. The van der Waals surface area contributed by atoms with E-state index >= 15 is 0 Å². The number of carboxylic acids is 1. The summed E-state index contributed by atoms with van der Waals surface area (Å²) in [6, 6.07) is 11.6. The Morgan fingerprint density at radius 2 is 2.05 bits per heavy atom. The smallest absolute Gasteiger partial charge is 0.345 e. The van der Waals surface area contributed by atoms with Crippen LogP contribution in [0.2, 0.25) is 0 Å². The van der Waals surface area contributed by atoms with Gasteiger partial charge in [-0.25, -0.2) is 4.79 Å². The summed E-state index contributed by atoms with van der Waals surface area (Å²) < 4.78 is 0.917. The largest absolute Gasteiger partial charge is 0.477 e. The highest BCUT2D eigenvalue weighted by Crippen LogP contribution is 2.42. The number of fused-ring (bicyclic) bond motifs is 1. The second-order valence-corrected chi connectivity index (χ2v) is 6.95. The monoisotopic (exact) mass is 319 g/mol. The van der Waals surface area contributed by atoms with Crippen LogP contribution < -0.4 is 4.90 Å². The van der Waals surface area contributed by atoms with Gasteiger partial charge in [0.2, 0.25) is 5.91 Å². The molecule has 1 aliphatic rings. The van der Waals surface area contributed by atoms with Crippen LogP contribution in [-0.4, -0.2) is 29.3 Å². The molecule has 1 aliphatic heterocycles. The lowest BCUT2D eigenvalue weighted by Gasteiger charge is -2.26. The minimum Gasteiger partial charge on any atom is -0.477 e. The van der Waals surface area contributed by atoms with Crippen molar-refractivity contribution in [2.75, 3.05) is 17.2 Å². The summed E-state index contributed by atoms with van der Waals surface area (Å²) in [4.78, 5) is 25.2. The number of thiophene rings is 1. The van der Waals surface area contributed by atoms with Crippen molar-refractivity contribution in [1.82, 2.24) is 0 Å². The van der Waals surface area contributed by atoms with E-state index < -0.39 is 5.97 Å². The Balaban J connectivity index is 1.82. The van der Waals surface area contributed by atoms with Crippen molar-refractivity contribution < 1.29 is 14.7 Å². The van der Waals surface area contributed by atoms with Crippen molar-refractivity contribution in [2.24, 2.45) is 0 Å². The fourth-order valence-electron chi connectivity index (χ4n) is 2.23. The maximum atomic E-state index is 12.1. The lowest BCUT2D eigenvalue weighted by atomic mass is 10.1. The molecule has 1 aromatic carbocycles. The number of thioether (sulfide) groups is 1.